The number of amides is 1. The van der Waals surface area contributed by atoms with Crippen molar-refractivity contribution in [3.05, 3.63) is 48.2 Å². The highest BCUT2D eigenvalue weighted by Gasteiger charge is 2.38. The van der Waals surface area contributed by atoms with E-state index in [4.69, 9.17) is 14.3 Å². The molecule has 35 heavy (non-hydrogen) atoms. The van der Waals surface area contributed by atoms with Gasteiger partial charge in [-0.05, 0) is 62.0 Å². The van der Waals surface area contributed by atoms with Crippen molar-refractivity contribution in [2.24, 2.45) is 0 Å². The van der Waals surface area contributed by atoms with E-state index >= 15 is 0 Å². The first-order valence-corrected chi connectivity index (χ1v) is 11.2. The van der Waals surface area contributed by atoms with Gasteiger partial charge in [-0.2, -0.15) is 13.2 Å². The monoisotopic (exact) mass is 510 g/mol. The number of carboxylic acids is 1. The number of nitrogens with one attached hydrogen (secondary N) is 1. The number of hydrogen-bond donors (Lipinski definition) is 2. The van der Waals surface area contributed by atoms with E-state index in [1.807, 2.05) is 37.4 Å². The van der Waals surface area contributed by atoms with Crippen LogP contribution in [0.2, 0.25) is 0 Å². The molecule has 4 rings (SSSR count). The second-order valence-corrected chi connectivity index (χ2v) is 8.27. The fourth-order valence-electron chi connectivity index (χ4n) is 3.07. The van der Waals surface area contributed by atoms with Crippen molar-refractivity contribution in [2.45, 2.75) is 35.3 Å². The number of carbonyl (C=O) groups is 2. The van der Waals surface area contributed by atoms with Gasteiger partial charge < -0.3 is 19.7 Å². The lowest BCUT2D eigenvalue weighted by Gasteiger charge is -2.31. The van der Waals surface area contributed by atoms with Crippen LogP contribution in [-0.2, 0) is 4.79 Å². The predicted octanol–water partition coefficient (Wildman–Crippen LogP) is 3.14. The molecule has 3 heterocycles. The summed E-state index contributed by atoms with van der Waals surface area (Å²) in [6.07, 6.45) is -3.19. The quantitative estimate of drug-likeness (QED) is 0.527. The molecule has 186 valence electrons. The summed E-state index contributed by atoms with van der Waals surface area (Å²) < 4.78 is 37.4. The Morgan fingerprint density at radius 2 is 1.71 bits per heavy atom. The number of carboxylic acid groups (broad SMARTS) is 1. The fourth-order valence-corrected chi connectivity index (χ4v) is 3.67. The van der Waals surface area contributed by atoms with Gasteiger partial charge in [-0.15, -0.1) is 20.4 Å². The summed E-state index contributed by atoms with van der Waals surface area (Å²) in [6.45, 7) is 1.86. The largest absolute Gasteiger partial charge is 0.490 e. The van der Waals surface area contributed by atoms with Crippen molar-refractivity contribution in [3.8, 4) is 11.5 Å². The number of halogens is 3. The van der Waals surface area contributed by atoms with E-state index in [-0.39, 0.29) is 11.9 Å². The SMILES string of the molecule is CN(C(=O)c1ccc(Sc2nnc(-c3ccccc3)o2)nn1)C1CCNCC1.O=C(O)C(F)(F)F. The Morgan fingerprint density at radius 1 is 1.06 bits per heavy atom. The maximum Gasteiger partial charge on any atom is 0.490 e. The molecule has 2 N–H and O–H groups in total. The number of nitrogens with zero attached hydrogens (tertiary/aromatic N) is 5. The zero-order valence-corrected chi connectivity index (χ0v) is 19.2. The summed E-state index contributed by atoms with van der Waals surface area (Å²) in [7, 11) is 1.83. The third kappa shape index (κ3) is 7.48. The molecule has 0 saturated carbocycles. The minimum absolute atomic E-state index is 0.111. The van der Waals surface area contributed by atoms with E-state index in [9.17, 15) is 18.0 Å². The van der Waals surface area contributed by atoms with Crippen LogP contribution in [0.15, 0.2) is 57.1 Å². The number of hydrogen-bond acceptors (Lipinski definition) is 9. The van der Waals surface area contributed by atoms with Crippen LogP contribution in [0.1, 0.15) is 23.3 Å². The first-order valence-electron chi connectivity index (χ1n) is 10.3. The molecule has 0 radical (unpaired) electrons. The van der Waals surface area contributed by atoms with Crippen molar-refractivity contribution in [1.82, 2.24) is 30.6 Å². The lowest BCUT2D eigenvalue weighted by molar-refractivity contribution is -0.192. The average Bonchev–Trinajstić information content (AvgIpc) is 3.33. The predicted molar refractivity (Wildman–Crippen MR) is 118 cm³/mol. The van der Waals surface area contributed by atoms with Gasteiger partial charge in [-0.1, -0.05) is 18.2 Å². The standard InChI is InChI=1S/C19H20N6O2S.C2HF3O2/c1-25(14-9-11-20-12-10-14)18(26)15-7-8-16(22-21-15)28-19-24-23-17(27-19)13-5-3-2-4-6-13;3-2(4,5)1(6)7/h2-8,14,20H,9-12H2,1H3;(H,6,7). The zero-order valence-electron chi connectivity index (χ0n) is 18.4. The van der Waals surface area contributed by atoms with Crippen LogP contribution in [0.25, 0.3) is 11.5 Å². The van der Waals surface area contributed by atoms with Crippen LogP contribution in [0.3, 0.4) is 0 Å². The maximum atomic E-state index is 12.6. The second kappa shape index (κ2) is 11.8. The third-order valence-corrected chi connectivity index (χ3v) is 5.66. The molecule has 14 heteroatoms. The number of rotatable bonds is 5. The highest BCUT2D eigenvalue weighted by atomic mass is 32.2. The van der Waals surface area contributed by atoms with E-state index in [2.05, 4.69) is 25.7 Å². The number of aliphatic carboxylic acids is 1. The summed E-state index contributed by atoms with van der Waals surface area (Å²) in [6, 6.07) is 13.2. The molecule has 1 amide bonds. The molecule has 0 aliphatic carbocycles. The fraction of sp³-hybridized carbons (Fsp3) is 0.333. The molecule has 1 fully saturated rings. The number of benzene rings is 1. The number of carbonyl (C=O) groups excluding carboxylic acids is 1. The van der Waals surface area contributed by atoms with Crippen molar-refractivity contribution in [2.75, 3.05) is 20.1 Å². The van der Waals surface area contributed by atoms with Gasteiger partial charge in [0.05, 0.1) is 0 Å². The lowest BCUT2D eigenvalue weighted by Crippen LogP contribution is -2.44. The minimum Gasteiger partial charge on any atom is -0.475 e. The van der Waals surface area contributed by atoms with Gasteiger partial charge in [0.2, 0.25) is 5.89 Å². The molecule has 0 bridgehead atoms. The van der Waals surface area contributed by atoms with E-state index in [0.717, 1.165) is 31.5 Å². The van der Waals surface area contributed by atoms with E-state index in [1.54, 1.807) is 17.0 Å². The first-order chi connectivity index (χ1) is 16.6. The average molecular weight is 510 g/mol. The van der Waals surface area contributed by atoms with E-state index < -0.39 is 12.1 Å². The van der Waals surface area contributed by atoms with Crippen LogP contribution in [0.4, 0.5) is 13.2 Å². The summed E-state index contributed by atoms with van der Waals surface area (Å²) >= 11 is 1.21. The Balaban J connectivity index is 0.000000429. The summed E-state index contributed by atoms with van der Waals surface area (Å²) in [5.41, 5.74) is 1.19. The zero-order chi connectivity index (χ0) is 25.4. The molecular weight excluding hydrogens is 489 g/mol. The Hall–Kier alpha value is -3.52. The van der Waals surface area contributed by atoms with Crippen molar-refractivity contribution in [1.29, 1.82) is 0 Å². The minimum atomic E-state index is -5.08. The van der Waals surface area contributed by atoms with Crippen molar-refractivity contribution in [3.63, 3.8) is 0 Å². The molecule has 0 atom stereocenters. The smallest absolute Gasteiger partial charge is 0.475 e. The van der Waals surface area contributed by atoms with Crippen molar-refractivity contribution >= 4 is 23.6 Å². The third-order valence-electron chi connectivity index (χ3n) is 4.90. The Labute approximate surface area is 201 Å². The van der Waals surface area contributed by atoms with Gasteiger partial charge >= 0.3 is 12.1 Å². The summed E-state index contributed by atoms with van der Waals surface area (Å²) in [5.74, 6) is -2.42. The van der Waals surface area contributed by atoms with Crippen LogP contribution in [0.5, 0.6) is 0 Å². The van der Waals surface area contributed by atoms with Gasteiger partial charge in [-0.25, -0.2) is 4.79 Å². The molecule has 1 aliphatic rings. The van der Waals surface area contributed by atoms with Gasteiger partial charge in [-0.3, -0.25) is 4.79 Å². The Morgan fingerprint density at radius 3 is 2.29 bits per heavy atom. The van der Waals surface area contributed by atoms with Crippen LogP contribution in [0, 0.1) is 0 Å². The van der Waals surface area contributed by atoms with Gasteiger partial charge in [0.15, 0.2) is 5.69 Å². The highest BCUT2D eigenvalue weighted by molar-refractivity contribution is 7.99. The van der Waals surface area contributed by atoms with Gasteiger partial charge in [0.1, 0.15) is 5.03 Å². The Bertz CT molecular complexity index is 1120. The molecule has 3 aromatic rings. The van der Waals surface area contributed by atoms with Crippen LogP contribution >= 0.6 is 11.8 Å². The Kier molecular flexibility index (Phi) is 8.76. The molecular formula is C21H21F3N6O4S. The van der Waals surface area contributed by atoms with Crippen LogP contribution in [-0.4, -0.2) is 74.6 Å². The highest BCUT2D eigenvalue weighted by Crippen LogP contribution is 2.27. The molecule has 2 aromatic heterocycles. The number of piperidine rings is 1. The molecule has 10 nitrogen and oxygen atoms in total. The molecule has 0 spiro atoms. The lowest BCUT2D eigenvalue weighted by atomic mass is 10.1. The molecule has 0 unspecified atom stereocenters. The van der Waals surface area contributed by atoms with E-state index in [0.29, 0.717) is 21.8 Å². The topological polar surface area (TPSA) is 134 Å². The van der Waals surface area contributed by atoms with Crippen LogP contribution < -0.4 is 5.32 Å². The summed E-state index contributed by atoms with van der Waals surface area (Å²) in [4.78, 5) is 23.3. The molecule has 1 aromatic carbocycles. The normalized spacial score (nSPS) is 14.1. The first kappa shape index (κ1) is 26.1. The number of aromatic nitrogens is 4. The second-order valence-electron chi connectivity index (χ2n) is 7.30. The van der Waals surface area contributed by atoms with Gasteiger partial charge in [0.25, 0.3) is 11.1 Å². The summed E-state index contributed by atoms with van der Waals surface area (Å²) in [5, 5.41) is 27.7. The molecule has 1 aliphatic heterocycles. The maximum absolute atomic E-state index is 12.6. The van der Waals surface area contributed by atoms with Crippen molar-refractivity contribution < 1.29 is 32.3 Å². The molecule has 1 saturated heterocycles. The number of alkyl halides is 3. The van der Waals surface area contributed by atoms with E-state index in [1.165, 1.54) is 11.8 Å². The van der Waals surface area contributed by atoms with Gasteiger partial charge in [0, 0.05) is 18.7 Å².